The van der Waals surface area contributed by atoms with Crippen molar-refractivity contribution in [1.82, 2.24) is 0 Å². The van der Waals surface area contributed by atoms with Crippen molar-refractivity contribution in [3.8, 4) is 5.75 Å². The number of unbranched alkanes of at least 4 members (excludes halogenated alkanes) is 1. The van der Waals surface area contributed by atoms with Gasteiger partial charge in [-0.05, 0) is 18.6 Å². The molecular formula is C18H22Cl2NO+. The van der Waals surface area contributed by atoms with Crippen LogP contribution in [0.4, 0.5) is 0 Å². The number of hydrogen-bond acceptors (Lipinski definition) is 1. The predicted molar refractivity (Wildman–Crippen MR) is 92.7 cm³/mol. The van der Waals surface area contributed by atoms with Gasteiger partial charge in [0.1, 0.15) is 18.8 Å². The Hall–Kier alpha value is -1.22. The second kappa shape index (κ2) is 8.42. The Balaban J connectivity index is 2.16. The zero-order valence-electron chi connectivity index (χ0n) is 12.8. The number of halogens is 2. The van der Waals surface area contributed by atoms with Crippen LogP contribution in [0.2, 0.25) is 10.0 Å². The minimum atomic E-state index is 0.146. The first kappa shape index (κ1) is 17.1. The number of rotatable bonds is 7. The minimum Gasteiger partial charge on any atom is -0.506 e. The summed E-state index contributed by atoms with van der Waals surface area (Å²) in [7, 11) is 0. The van der Waals surface area contributed by atoms with E-state index in [-0.39, 0.29) is 5.75 Å². The fraction of sp³-hybridized carbons (Fsp3) is 0.333. The van der Waals surface area contributed by atoms with E-state index in [4.69, 9.17) is 23.2 Å². The molecule has 2 aromatic carbocycles. The molecule has 22 heavy (non-hydrogen) atoms. The van der Waals surface area contributed by atoms with Crippen molar-refractivity contribution in [3.63, 3.8) is 0 Å². The van der Waals surface area contributed by atoms with Crippen LogP contribution in [0.25, 0.3) is 0 Å². The second-order valence-electron chi connectivity index (χ2n) is 5.59. The number of hydrogen-bond donors (Lipinski definition) is 2. The van der Waals surface area contributed by atoms with E-state index in [2.05, 4.69) is 31.2 Å². The SMILES string of the molecule is CCCC[NH+](Cc1ccccc1)Cc1cc(Cl)cc(Cl)c1O. The van der Waals surface area contributed by atoms with Crippen molar-refractivity contribution in [1.29, 1.82) is 0 Å². The van der Waals surface area contributed by atoms with E-state index in [1.807, 2.05) is 6.07 Å². The molecule has 0 aromatic heterocycles. The normalized spacial score (nSPS) is 12.3. The maximum absolute atomic E-state index is 10.2. The summed E-state index contributed by atoms with van der Waals surface area (Å²) in [6.07, 6.45) is 2.30. The summed E-state index contributed by atoms with van der Waals surface area (Å²) in [5.41, 5.74) is 2.10. The minimum absolute atomic E-state index is 0.146. The molecular weight excluding hydrogens is 317 g/mol. The molecule has 2 N–H and O–H groups in total. The van der Waals surface area contributed by atoms with Crippen molar-refractivity contribution in [2.24, 2.45) is 0 Å². The number of quaternary nitrogens is 1. The Bertz CT molecular complexity index is 602. The van der Waals surface area contributed by atoms with Gasteiger partial charge in [0.05, 0.1) is 17.1 Å². The summed E-state index contributed by atoms with van der Waals surface area (Å²) in [6.45, 7) is 4.87. The number of aromatic hydroxyl groups is 1. The number of benzene rings is 2. The molecule has 1 atom stereocenters. The zero-order valence-corrected chi connectivity index (χ0v) is 14.3. The highest BCUT2D eigenvalue weighted by molar-refractivity contribution is 6.35. The molecule has 0 saturated carbocycles. The van der Waals surface area contributed by atoms with Crippen LogP contribution >= 0.6 is 23.2 Å². The van der Waals surface area contributed by atoms with Crippen molar-refractivity contribution < 1.29 is 10.0 Å². The number of nitrogens with one attached hydrogen (secondary N) is 1. The first-order valence-electron chi connectivity index (χ1n) is 7.64. The highest BCUT2D eigenvalue weighted by Gasteiger charge is 2.15. The molecule has 0 radical (unpaired) electrons. The van der Waals surface area contributed by atoms with E-state index in [9.17, 15) is 5.11 Å². The summed E-state index contributed by atoms with van der Waals surface area (Å²) in [5, 5.41) is 11.0. The van der Waals surface area contributed by atoms with E-state index in [0.717, 1.165) is 31.5 Å². The maximum atomic E-state index is 10.2. The molecule has 0 aliphatic rings. The van der Waals surface area contributed by atoms with Gasteiger partial charge in [-0.3, -0.25) is 0 Å². The van der Waals surface area contributed by atoms with E-state index in [1.165, 1.54) is 10.5 Å². The van der Waals surface area contributed by atoms with E-state index >= 15 is 0 Å². The predicted octanol–water partition coefficient (Wildman–Crippen LogP) is 4.08. The highest BCUT2D eigenvalue weighted by Crippen LogP contribution is 2.30. The van der Waals surface area contributed by atoms with Gasteiger partial charge in [-0.25, -0.2) is 0 Å². The lowest BCUT2D eigenvalue weighted by Gasteiger charge is -2.20. The average Bonchev–Trinajstić information content (AvgIpc) is 2.50. The molecule has 0 saturated heterocycles. The Labute approximate surface area is 142 Å². The van der Waals surface area contributed by atoms with E-state index < -0.39 is 0 Å². The summed E-state index contributed by atoms with van der Waals surface area (Å²) in [4.78, 5) is 1.39. The van der Waals surface area contributed by atoms with Gasteiger partial charge >= 0.3 is 0 Å². The fourth-order valence-corrected chi connectivity index (χ4v) is 3.11. The van der Waals surface area contributed by atoms with Crippen LogP contribution in [-0.2, 0) is 13.1 Å². The molecule has 2 nitrogen and oxygen atoms in total. The van der Waals surface area contributed by atoms with Gasteiger partial charge in [0, 0.05) is 10.6 Å². The monoisotopic (exact) mass is 338 g/mol. The first-order valence-corrected chi connectivity index (χ1v) is 8.40. The van der Waals surface area contributed by atoms with E-state index in [0.29, 0.717) is 16.6 Å². The molecule has 2 aromatic rings. The Morgan fingerprint density at radius 1 is 1.05 bits per heavy atom. The van der Waals surface area contributed by atoms with Crippen LogP contribution < -0.4 is 4.90 Å². The zero-order chi connectivity index (χ0) is 15.9. The molecule has 0 aliphatic heterocycles. The van der Waals surface area contributed by atoms with E-state index in [1.54, 1.807) is 12.1 Å². The third kappa shape index (κ3) is 4.91. The summed E-state index contributed by atoms with van der Waals surface area (Å²) in [6, 6.07) is 13.8. The fourth-order valence-electron chi connectivity index (χ4n) is 2.57. The third-order valence-corrected chi connectivity index (χ3v) is 4.23. The first-order chi connectivity index (χ1) is 10.6. The Morgan fingerprint density at radius 3 is 2.45 bits per heavy atom. The van der Waals surface area contributed by atoms with Crippen LogP contribution in [0.15, 0.2) is 42.5 Å². The van der Waals surface area contributed by atoms with Gasteiger partial charge in [0.2, 0.25) is 0 Å². The molecule has 118 valence electrons. The van der Waals surface area contributed by atoms with Crippen LogP contribution in [-0.4, -0.2) is 11.7 Å². The van der Waals surface area contributed by atoms with Gasteiger partial charge in [-0.15, -0.1) is 0 Å². The smallest absolute Gasteiger partial charge is 0.143 e. The van der Waals surface area contributed by atoms with Gasteiger partial charge < -0.3 is 10.0 Å². The molecule has 1 unspecified atom stereocenters. The van der Waals surface area contributed by atoms with Gasteiger partial charge in [-0.2, -0.15) is 0 Å². The van der Waals surface area contributed by atoms with Gasteiger partial charge in [-0.1, -0.05) is 66.9 Å². The largest absolute Gasteiger partial charge is 0.506 e. The van der Waals surface area contributed by atoms with Crippen LogP contribution in [0, 0.1) is 0 Å². The highest BCUT2D eigenvalue weighted by atomic mass is 35.5. The lowest BCUT2D eigenvalue weighted by Crippen LogP contribution is -3.09. The molecule has 0 aliphatic carbocycles. The lowest BCUT2D eigenvalue weighted by molar-refractivity contribution is -0.927. The molecule has 0 fully saturated rings. The van der Waals surface area contributed by atoms with Crippen LogP contribution in [0.1, 0.15) is 30.9 Å². The van der Waals surface area contributed by atoms with Crippen molar-refractivity contribution >= 4 is 23.2 Å². The molecule has 0 spiro atoms. The third-order valence-electron chi connectivity index (χ3n) is 3.73. The molecule has 4 heteroatoms. The van der Waals surface area contributed by atoms with Crippen molar-refractivity contribution in [3.05, 3.63) is 63.6 Å². The molecule has 2 rings (SSSR count). The topological polar surface area (TPSA) is 24.7 Å². The summed E-state index contributed by atoms with van der Waals surface area (Å²) in [5.74, 6) is 0.146. The maximum Gasteiger partial charge on any atom is 0.143 e. The standard InChI is InChI=1S/C18H21Cl2NO/c1-2-3-9-21(12-14-7-5-4-6-8-14)13-15-10-16(19)11-17(20)18(15)22/h4-8,10-11,22H,2-3,9,12-13H2,1H3/p+1. The summed E-state index contributed by atoms with van der Waals surface area (Å²) >= 11 is 12.1. The van der Waals surface area contributed by atoms with Gasteiger partial charge in [0.25, 0.3) is 0 Å². The quantitative estimate of drug-likeness (QED) is 0.780. The summed E-state index contributed by atoms with van der Waals surface area (Å²) < 4.78 is 0. The second-order valence-corrected chi connectivity index (χ2v) is 6.43. The average molecular weight is 339 g/mol. The molecule has 0 amide bonds. The lowest BCUT2D eigenvalue weighted by atomic mass is 10.1. The Morgan fingerprint density at radius 2 is 1.77 bits per heavy atom. The number of phenolic OH excluding ortho intramolecular Hbond substituents is 1. The van der Waals surface area contributed by atoms with Gasteiger partial charge in [0.15, 0.2) is 0 Å². The van der Waals surface area contributed by atoms with Crippen molar-refractivity contribution in [2.45, 2.75) is 32.9 Å². The van der Waals surface area contributed by atoms with Crippen LogP contribution in [0.5, 0.6) is 5.75 Å². The molecule has 0 heterocycles. The van der Waals surface area contributed by atoms with Crippen LogP contribution in [0.3, 0.4) is 0 Å². The van der Waals surface area contributed by atoms with Crippen molar-refractivity contribution in [2.75, 3.05) is 6.54 Å². The number of phenols is 1. The molecule has 0 bridgehead atoms. The Kier molecular flexibility index (Phi) is 6.56.